The van der Waals surface area contributed by atoms with Gasteiger partial charge in [-0.15, -0.1) is 0 Å². The molecule has 5 heteroatoms. The van der Waals surface area contributed by atoms with Crippen molar-refractivity contribution in [3.63, 3.8) is 0 Å². The summed E-state index contributed by atoms with van der Waals surface area (Å²) >= 11 is 0. The Morgan fingerprint density at radius 3 is 2.70 bits per heavy atom. The van der Waals surface area contributed by atoms with E-state index in [4.69, 9.17) is 15.2 Å². The molecule has 1 saturated heterocycles. The summed E-state index contributed by atoms with van der Waals surface area (Å²) in [6.45, 7) is 6.08. The highest BCUT2D eigenvalue weighted by Crippen LogP contribution is 2.17. The number of hydrogen-bond acceptors (Lipinski definition) is 4. The number of carbonyl (C=O) groups excluding carboxylic acids is 1. The fourth-order valence-electron chi connectivity index (χ4n) is 2.72. The Bertz CT molecular complexity index is 482. The molecule has 0 radical (unpaired) electrons. The van der Waals surface area contributed by atoms with E-state index in [1.54, 1.807) is 12.1 Å². The Kier molecular flexibility index (Phi) is 6.86. The van der Waals surface area contributed by atoms with Crippen LogP contribution >= 0.6 is 0 Å². The molecular weight excluding hydrogens is 292 g/mol. The Morgan fingerprint density at radius 2 is 2.13 bits per heavy atom. The molecule has 2 unspecified atom stereocenters. The normalized spacial score (nSPS) is 18.9. The Labute approximate surface area is 138 Å². The van der Waals surface area contributed by atoms with Gasteiger partial charge in [0.25, 0.3) is 5.91 Å². The number of amides is 1. The third-order valence-corrected chi connectivity index (χ3v) is 3.95. The number of hydrogen-bond donors (Lipinski definition) is 2. The highest BCUT2D eigenvalue weighted by atomic mass is 16.5. The first-order valence-electron chi connectivity index (χ1n) is 8.44. The number of carbonyl (C=O) groups is 1. The molecule has 23 heavy (non-hydrogen) atoms. The monoisotopic (exact) mass is 320 g/mol. The van der Waals surface area contributed by atoms with Crippen LogP contribution in [0.1, 0.15) is 43.5 Å². The number of rotatable bonds is 8. The van der Waals surface area contributed by atoms with Crippen molar-refractivity contribution in [1.29, 1.82) is 0 Å². The van der Waals surface area contributed by atoms with Crippen molar-refractivity contribution < 1.29 is 14.3 Å². The van der Waals surface area contributed by atoms with Gasteiger partial charge in [0, 0.05) is 24.8 Å². The molecule has 1 aliphatic rings. The fourth-order valence-corrected chi connectivity index (χ4v) is 2.72. The Hall–Kier alpha value is -1.59. The molecule has 1 heterocycles. The molecule has 2 atom stereocenters. The van der Waals surface area contributed by atoms with Crippen molar-refractivity contribution in [2.24, 2.45) is 11.7 Å². The highest BCUT2D eigenvalue weighted by molar-refractivity contribution is 5.94. The number of nitrogens with two attached hydrogens (primary N) is 1. The van der Waals surface area contributed by atoms with Crippen LogP contribution in [-0.2, 0) is 4.74 Å². The summed E-state index contributed by atoms with van der Waals surface area (Å²) in [5.41, 5.74) is 6.35. The lowest BCUT2D eigenvalue weighted by Crippen LogP contribution is -2.41. The zero-order valence-corrected chi connectivity index (χ0v) is 14.1. The van der Waals surface area contributed by atoms with Crippen molar-refractivity contribution in [1.82, 2.24) is 5.32 Å². The molecule has 3 N–H and O–H groups in total. The maximum atomic E-state index is 12.2. The van der Waals surface area contributed by atoms with Crippen LogP contribution in [0.2, 0.25) is 0 Å². The lowest BCUT2D eigenvalue weighted by atomic mass is 10.0. The van der Waals surface area contributed by atoms with E-state index in [0.29, 0.717) is 24.6 Å². The van der Waals surface area contributed by atoms with Crippen molar-refractivity contribution in [2.45, 2.75) is 45.3 Å². The molecule has 1 aromatic carbocycles. The van der Waals surface area contributed by atoms with Gasteiger partial charge < -0.3 is 20.5 Å². The summed E-state index contributed by atoms with van der Waals surface area (Å²) in [5, 5.41) is 2.99. The minimum atomic E-state index is -0.0909. The van der Waals surface area contributed by atoms with E-state index < -0.39 is 0 Å². The van der Waals surface area contributed by atoms with Crippen molar-refractivity contribution in [2.75, 3.05) is 19.8 Å². The van der Waals surface area contributed by atoms with Gasteiger partial charge in [0.05, 0.1) is 6.10 Å². The molecule has 1 aromatic rings. The fraction of sp³-hybridized carbons (Fsp3) is 0.611. The molecule has 0 spiro atoms. The predicted octanol–water partition coefficient (Wildman–Crippen LogP) is 2.35. The van der Waals surface area contributed by atoms with E-state index in [1.807, 2.05) is 12.1 Å². The first kappa shape index (κ1) is 17.8. The largest absolute Gasteiger partial charge is 0.491 e. The summed E-state index contributed by atoms with van der Waals surface area (Å²) in [6.07, 6.45) is 3.23. The average molecular weight is 320 g/mol. The van der Waals surface area contributed by atoms with Crippen molar-refractivity contribution in [3.05, 3.63) is 29.8 Å². The lowest BCUT2D eigenvalue weighted by molar-refractivity contribution is 0.0679. The predicted molar refractivity (Wildman–Crippen MR) is 90.7 cm³/mol. The Balaban J connectivity index is 1.83. The first-order chi connectivity index (χ1) is 11.1. The third-order valence-electron chi connectivity index (χ3n) is 3.95. The molecule has 0 aromatic heterocycles. The van der Waals surface area contributed by atoms with Crippen LogP contribution in [0.5, 0.6) is 5.75 Å². The second-order valence-electron chi connectivity index (χ2n) is 6.51. The molecule has 0 aliphatic carbocycles. The molecule has 0 saturated carbocycles. The van der Waals surface area contributed by atoms with Crippen LogP contribution < -0.4 is 15.8 Å². The Morgan fingerprint density at radius 1 is 1.39 bits per heavy atom. The van der Waals surface area contributed by atoms with E-state index in [2.05, 4.69) is 19.2 Å². The maximum absolute atomic E-state index is 12.2. The maximum Gasteiger partial charge on any atom is 0.251 e. The second-order valence-corrected chi connectivity index (χ2v) is 6.51. The van der Waals surface area contributed by atoms with Gasteiger partial charge in [0.15, 0.2) is 0 Å². The molecule has 0 bridgehead atoms. The number of ether oxygens (including phenoxy) is 2. The van der Waals surface area contributed by atoms with Crippen molar-refractivity contribution in [3.8, 4) is 5.75 Å². The lowest BCUT2D eigenvalue weighted by Gasteiger charge is -2.19. The minimum Gasteiger partial charge on any atom is -0.491 e. The van der Waals surface area contributed by atoms with Crippen LogP contribution in [0.15, 0.2) is 24.3 Å². The summed E-state index contributed by atoms with van der Waals surface area (Å²) in [4.78, 5) is 12.2. The van der Waals surface area contributed by atoms with E-state index in [1.165, 1.54) is 0 Å². The van der Waals surface area contributed by atoms with Crippen molar-refractivity contribution >= 4 is 5.91 Å². The standard InChI is InChI=1S/C18H28N2O3/c1-13(2)10-15(11-19)20-18(21)14-5-7-16(8-6-14)23-12-17-4-3-9-22-17/h5-8,13,15,17H,3-4,9-12,19H2,1-2H3,(H,20,21). The van der Waals surface area contributed by atoms with Gasteiger partial charge in [-0.3, -0.25) is 4.79 Å². The van der Waals surface area contributed by atoms with Crippen LogP contribution in [0.25, 0.3) is 0 Å². The summed E-state index contributed by atoms with van der Waals surface area (Å²) in [7, 11) is 0. The summed E-state index contributed by atoms with van der Waals surface area (Å²) < 4.78 is 11.2. The molecule has 128 valence electrons. The molecule has 1 amide bonds. The average Bonchev–Trinajstić information content (AvgIpc) is 3.05. The molecule has 1 aliphatic heterocycles. The van der Waals surface area contributed by atoms with E-state index in [-0.39, 0.29) is 18.1 Å². The third kappa shape index (κ3) is 5.84. The zero-order valence-electron chi connectivity index (χ0n) is 14.1. The smallest absolute Gasteiger partial charge is 0.251 e. The molecule has 1 fully saturated rings. The van der Waals surface area contributed by atoms with E-state index >= 15 is 0 Å². The van der Waals surface area contributed by atoms with Gasteiger partial charge in [-0.25, -0.2) is 0 Å². The zero-order chi connectivity index (χ0) is 16.7. The molecular formula is C18H28N2O3. The second kappa shape index (κ2) is 8.89. The van der Waals surface area contributed by atoms with Gasteiger partial charge in [0.2, 0.25) is 0 Å². The highest BCUT2D eigenvalue weighted by Gasteiger charge is 2.16. The molecule has 5 nitrogen and oxygen atoms in total. The number of benzene rings is 1. The van der Waals surface area contributed by atoms with E-state index in [0.717, 1.165) is 31.6 Å². The summed E-state index contributed by atoms with van der Waals surface area (Å²) in [6, 6.07) is 7.22. The topological polar surface area (TPSA) is 73.6 Å². The van der Waals surface area contributed by atoms with Gasteiger partial charge in [-0.05, 0) is 49.4 Å². The molecule has 2 rings (SSSR count). The van der Waals surface area contributed by atoms with Gasteiger partial charge in [-0.2, -0.15) is 0 Å². The first-order valence-corrected chi connectivity index (χ1v) is 8.44. The van der Waals surface area contributed by atoms with Crippen LogP contribution in [0.4, 0.5) is 0 Å². The minimum absolute atomic E-state index is 0.0120. The van der Waals surface area contributed by atoms with Gasteiger partial charge in [0.1, 0.15) is 12.4 Å². The van der Waals surface area contributed by atoms with E-state index in [9.17, 15) is 4.79 Å². The van der Waals surface area contributed by atoms with Crippen LogP contribution in [0, 0.1) is 5.92 Å². The van der Waals surface area contributed by atoms with Gasteiger partial charge >= 0.3 is 0 Å². The van der Waals surface area contributed by atoms with Crippen LogP contribution in [0.3, 0.4) is 0 Å². The van der Waals surface area contributed by atoms with Crippen LogP contribution in [-0.4, -0.2) is 37.8 Å². The van der Waals surface area contributed by atoms with Gasteiger partial charge in [-0.1, -0.05) is 13.8 Å². The number of nitrogens with one attached hydrogen (secondary N) is 1. The quantitative estimate of drug-likeness (QED) is 0.771. The summed E-state index contributed by atoms with van der Waals surface area (Å²) in [5.74, 6) is 1.17. The SMILES string of the molecule is CC(C)CC(CN)NC(=O)c1ccc(OCC2CCCO2)cc1.